The van der Waals surface area contributed by atoms with E-state index in [-0.39, 0.29) is 0 Å². The maximum Gasteiger partial charge on any atom is 0.119 e. The fourth-order valence-electron chi connectivity index (χ4n) is 1.36. The maximum absolute atomic E-state index is 5.67. The average Bonchev–Trinajstić information content (AvgIpc) is 2.28. The molecule has 0 unspecified atom stereocenters. The average molecular weight is 219 g/mol. The molecular formula is C14H21NO. The van der Waals surface area contributed by atoms with E-state index in [1.807, 2.05) is 26.2 Å². The van der Waals surface area contributed by atoms with Crippen LogP contribution in [0.1, 0.15) is 18.9 Å². The van der Waals surface area contributed by atoms with Crippen LogP contribution in [0, 0.1) is 0 Å². The van der Waals surface area contributed by atoms with Crippen LogP contribution in [0.25, 0.3) is 5.57 Å². The van der Waals surface area contributed by atoms with Crippen LogP contribution in [0.15, 0.2) is 30.8 Å². The summed E-state index contributed by atoms with van der Waals surface area (Å²) >= 11 is 0. The summed E-state index contributed by atoms with van der Waals surface area (Å²) in [7, 11) is 4.08. The number of hydrogen-bond acceptors (Lipinski definition) is 2. The first-order valence-electron chi connectivity index (χ1n) is 5.69. The highest BCUT2D eigenvalue weighted by Gasteiger charge is 1.99. The van der Waals surface area contributed by atoms with E-state index in [0.29, 0.717) is 0 Å². The van der Waals surface area contributed by atoms with Crippen LogP contribution >= 0.6 is 0 Å². The largest absolute Gasteiger partial charge is 0.492 e. The van der Waals surface area contributed by atoms with Gasteiger partial charge in [0.2, 0.25) is 0 Å². The molecule has 0 N–H and O–H groups in total. The summed E-state index contributed by atoms with van der Waals surface area (Å²) in [6, 6.07) is 8.13. The molecule has 0 aliphatic heterocycles. The lowest BCUT2D eigenvalue weighted by Crippen LogP contribution is -2.19. The third-order valence-electron chi connectivity index (χ3n) is 2.48. The molecule has 16 heavy (non-hydrogen) atoms. The summed E-state index contributed by atoms with van der Waals surface area (Å²) in [5.41, 5.74) is 2.32. The van der Waals surface area contributed by atoms with Crippen LogP contribution in [0.3, 0.4) is 0 Å². The fraction of sp³-hybridized carbons (Fsp3) is 0.429. The van der Waals surface area contributed by atoms with Gasteiger partial charge in [0.05, 0.1) is 0 Å². The van der Waals surface area contributed by atoms with Gasteiger partial charge in [0, 0.05) is 6.54 Å². The van der Waals surface area contributed by atoms with Gasteiger partial charge in [-0.1, -0.05) is 25.6 Å². The number of hydrogen-bond donors (Lipinski definition) is 0. The lowest BCUT2D eigenvalue weighted by molar-refractivity contribution is 0.261. The van der Waals surface area contributed by atoms with Crippen LogP contribution in [-0.2, 0) is 0 Å². The third kappa shape index (κ3) is 4.07. The second-order valence-corrected chi connectivity index (χ2v) is 4.14. The Kier molecular flexibility index (Phi) is 5.06. The summed E-state index contributed by atoms with van der Waals surface area (Å²) in [4.78, 5) is 2.11. The Morgan fingerprint density at radius 1 is 1.38 bits per heavy atom. The van der Waals surface area contributed by atoms with E-state index in [2.05, 4.69) is 30.5 Å². The minimum atomic E-state index is 0.717. The Morgan fingerprint density at radius 2 is 2.12 bits per heavy atom. The van der Waals surface area contributed by atoms with Crippen molar-refractivity contribution in [3.8, 4) is 5.75 Å². The number of benzene rings is 1. The van der Waals surface area contributed by atoms with Crippen LogP contribution in [0.5, 0.6) is 5.75 Å². The fourth-order valence-corrected chi connectivity index (χ4v) is 1.36. The molecule has 0 radical (unpaired) electrons. The number of likely N-dealkylation sites (N-methyl/N-ethyl adjacent to an activating group) is 1. The van der Waals surface area contributed by atoms with Crippen molar-refractivity contribution in [1.29, 1.82) is 0 Å². The van der Waals surface area contributed by atoms with Crippen molar-refractivity contribution in [2.24, 2.45) is 0 Å². The lowest BCUT2D eigenvalue weighted by atomic mass is 10.1. The second-order valence-electron chi connectivity index (χ2n) is 4.14. The molecule has 0 heterocycles. The Balaban J connectivity index is 2.57. The number of ether oxygens (including phenoxy) is 1. The van der Waals surface area contributed by atoms with Gasteiger partial charge in [-0.3, -0.25) is 0 Å². The van der Waals surface area contributed by atoms with E-state index in [0.717, 1.165) is 30.9 Å². The maximum atomic E-state index is 5.67. The van der Waals surface area contributed by atoms with Crippen molar-refractivity contribution in [3.05, 3.63) is 36.4 Å². The van der Waals surface area contributed by atoms with Crippen LogP contribution in [0.4, 0.5) is 0 Å². The highest BCUT2D eigenvalue weighted by atomic mass is 16.5. The topological polar surface area (TPSA) is 12.5 Å². The first-order valence-corrected chi connectivity index (χ1v) is 5.69. The summed E-state index contributed by atoms with van der Waals surface area (Å²) < 4.78 is 5.67. The van der Waals surface area contributed by atoms with Gasteiger partial charge in [0.15, 0.2) is 0 Å². The standard InChI is InChI=1S/C14H21NO/c1-5-12(2)13-7-6-8-14(11-13)16-10-9-15(3)4/h6-8,11H,2,5,9-10H2,1,3-4H3. The quantitative estimate of drug-likeness (QED) is 0.729. The normalized spacial score (nSPS) is 10.5. The van der Waals surface area contributed by atoms with Gasteiger partial charge in [-0.25, -0.2) is 0 Å². The van der Waals surface area contributed by atoms with Gasteiger partial charge >= 0.3 is 0 Å². The molecule has 0 aromatic heterocycles. The monoisotopic (exact) mass is 219 g/mol. The van der Waals surface area contributed by atoms with E-state index in [4.69, 9.17) is 4.74 Å². The molecule has 0 saturated carbocycles. The Hall–Kier alpha value is -1.28. The molecule has 0 fully saturated rings. The number of rotatable bonds is 6. The molecule has 0 aliphatic carbocycles. The molecule has 0 aliphatic rings. The first-order chi connectivity index (χ1) is 7.63. The highest BCUT2D eigenvalue weighted by Crippen LogP contribution is 2.20. The third-order valence-corrected chi connectivity index (χ3v) is 2.48. The van der Waals surface area contributed by atoms with Crippen LogP contribution in [-0.4, -0.2) is 32.1 Å². The molecule has 0 amide bonds. The smallest absolute Gasteiger partial charge is 0.119 e. The van der Waals surface area contributed by atoms with Gasteiger partial charge in [-0.15, -0.1) is 0 Å². The van der Waals surface area contributed by atoms with Crippen molar-refractivity contribution >= 4 is 5.57 Å². The van der Waals surface area contributed by atoms with Gasteiger partial charge in [-0.05, 0) is 43.8 Å². The van der Waals surface area contributed by atoms with Crippen molar-refractivity contribution in [2.45, 2.75) is 13.3 Å². The first kappa shape index (κ1) is 12.8. The molecule has 2 nitrogen and oxygen atoms in total. The molecule has 0 spiro atoms. The highest BCUT2D eigenvalue weighted by molar-refractivity contribution is 5.64. The molecule has 1 aromatic carbocycles. The zero-order valence-corrected chi connectivity index (χ0v) is 10.5. The zero-order valence-electron chi connectivity index (χ0n) is 10.5. The summed E-state index contributed by atoms with van der Waals surface area (Å²) in [6.07, 6.45) is 0.973. The van der Waals surface area contributed by atoms with E-state index in [9.17, 15) is 0 Å². The zero-order chi connectivity index (χ0) is 12.0. The lowest BCUT2D eigenvalue weighted by Gasteiger charge is -2.12. The number of allylic oxidation sites excluding steroid dienone is 1. The van der Waals surface area contributed by atoms with Gasteiger partial charge < -0.3 is 9.64 Å². The SMILES string of the molecule is C=C(CC)c1cccc(OCCN(C)C)c1. The van der Waals surface area contributed by atoms with Gasteiger partial charge in [0.25, 0.3) is 0 Å². The van der Waals surface area contributed by atoms with E-state index in [1.54, 1.807) is 0 Å². The Morgan fingerprint density at radius 3 is 2.75 bits per heavy atom. The molecule has 1 rings (SSSR count). The van der Waals surface area contributed by atoms with E-state index < -0.39 is 0 Å². The molecule has 1 aromatic rings. The van der Waals surface area contributed by atoms with Crippen LogP contribution in [0.2, 0.25) is 0 Å². The van der Waals surface area contributed by atoms with Crippen molar-refractivity contribution in [1.82, 2.24) is 4.90 Å². The predicted molar refractivity (Wildman–Crippen MR) is 69.8 cm³/mol. The molecular weight excluding hydrogens is 198 g/mol. The molecule has 0 saturated heterocycles. The molecule has 0 bridgehead atoms. The Labute approximate surface area is 98.5 Å². The summed E-state index contributed by atoms with van der Waals surface area (Å²) in [5, 5.41) is 0. The minimum absolute atomic E-state index is 0.717. The van der Waals surface area contributed by atoms with E-state index >= 15 is 0 Å². The summed E-state index contributed by atoms with van der Waals surface area (Å²) in [6.45, 7) is 7.79. The van der Waals surface area contributed by atoms with Gasteiger partial charge in [-0.2, -0.15) is 0 Å². The molecule has 2 heteroatoms. The predicted octanol–water partition coefficient (Wildman–Crippen LogP) is 3.05. The van der Waals surface area contributed by atoms with Crippen molar-refractivity contribution < 1.29 is 4.74 Å². The molecule has 0 atom stereocenters. The van der Waals surface area contributed by atoms with Crippen LogP contribution < -0.4 is 4.74 Å². The summed E-state index contributed by atoms with van der Waals surface area (Å²) in [5.74, 6) is 0.925. The van der Waals surface area contributed by atoms with E-state index in [1.165, 1.54) is 5.56 Å². The number of nitrogens with zero attached hydrogens (tertiary/aromatic N) is 1. The Bertz CT molecular complexity index is 344. The van der Waals surface area contributed by atoms with Crippen molar-refractivity contribution in [3.63, 3.8) is 0 Å². The second kappa shape index (κ2) is 6.33. The molecule has 88 valence electrons. The van der Waals surface area contributed by atoms with Crippen molar-refractivity contribution in [2.75, 3.05) is 27.2 Å². The minimum Gasteiger partial charge on any atom is -0.492 e. The van der Waals surface area contributed by atoms with Gasteiger partial charge in [0.1, 0.15) is 12.4 Å².